The van der Waals surface area contributed by atoms with E-state index >= 15 is 4.39 Å². The molecule has 45 heavy (non-hydrogen) atoms. The molecule has 9 nitrogen and oxygen atoms in total. The first kappa shape index (κ1) is 31.3. The summed E-state index contributed by atoms with van der Waals surface area (Å²) in [5, 5.41) is 14.5. The van der Waals surface area contributed by atoms with Gasteiger partial charge in [-0.05, 0) is 56.0 Å². The van der Waals surface area contributed by atoms with Crippen molar-refractivity contribution >= 4 is 35.8 Å². The molecule has 2 aliphatic heterocycles. The summed E-state index contributed by atoms with van der Waals surface area (Å²) in [5.41, 5.74) is 1.60. The number of hydrogen-bond acceptors (Lipinski definition) is 7. The molecular formula is C34H42FN7O2S. The first-order valence-corrected chi connectivity index (χ1v) is 16.8. The summed E-state index contributed by atoms with van der Waals surface area (Å²) in [6, 6.07) is 4.05. The molecule has 1 saturated carbocycles. The van der Waals surface area contributed by atoms with Crippen LogP contribution in [0.25, 0.3) is 23.9 Å². The summed E-state index contributed by atoms with van der Waals surface area (Å²) in [6.07, 6.45) is 10.5. The first-order chi connectivity index (χ1) is 21.7. The van der Waals surface area contributed by atoms with Gasteiger partial charge in [0.05, 0.1) is 17.3 Å². The standard InChI is InChI=1S/C34H42FN7O2S/c1-4-8-33(9-14-41(22-33)21-29(43)42-15-10-34(35,11-16-42)32-37-13-17-45-32)31(44)38-20-23(2)18-27-24(3)39-40-30(27)26-7-12-36-28(19-26)25-5-6-25/h7,12-13,17-19,25,39H,2-6,8-11,14-16,20-22H2,1H3,(H,38,44)/b27-18+. The molecule has 3 aromatic rings. The fourth-order valence-electron chi connectivity index (χ4n) is 6.73. The zero-order chi connectivity index (χ0) is 31.6. The summed E-state index contributed by atoms with van der Waals surface area (Å²) in [5.74, 6) is 0.518. The number of piperidine rings is 1. The lowest BCUT2D eigenvalue weighted by atomic mass is 9.81. The van der Waals surface area contributed by atoms with Crippen molar-refractivity contribution in [2.75, 3.05) is 39.3 Å². The smallest absolute Gasteiger partial charge is 0.236 e. The van der Waals surface area contributed by atoms with Crippen molar-refractivity contribution in [2.45, 2.75) is 63.5 Å². The third-order valence-corrected chi connectivity index (χ3v) is 10.4. The van der Waals surface area contributed by atoms with E-state index in [0.717, 1.165) is 40.6 Å². The zero-order valence-corrected chi connectivity index (χ0v) is 26.8. The fraction of sp³-hybridized carbons (Fsp3) is 0.500. The number of aromatic amines is 1. The van der Waals surface area contributed by atoms with Crippen molar-refractivity contribution in [1.29, 1.82) is 0 Å². The van der Waals surface area contributed by atoms with Crippen LogP contribution in [0.2, 0.25) is 0 Å². The molecule has 0 radical (unpaired) electrons. The van der Waals surface area contributed by atoms with Crippen molar-refractivity contribution in [3.63, 3.8) is 0 Å². The van der Waals surface area contributed by atoms with Crippen LogP contribution in [-0.4, -0.2) is 81.0 Å². The number of alkyl halides is 1. The van der Waals surface area contributed by atoms with Gasteiger partial charge in [0.2, 0.25) is 11.8 Å². The van der Waals surface area contributed by atoms with Crippen LogP contribution >= 0.6 is 11.3 Å². The van der Waals surface area contributed by atoms with Gasteiger partial charge in [0.1, 0.15) is 10.7 Å². The number of nitrogens with zero attached hydrogens (tertiary/aromatic N) is 5. The molecule has 6 rings (SSSR count). The topological polar surface area (TPSA) is 107 Å². The Morgan fingerprint density at radius 2 is 2.00 bits per heavy atom. The summed E-state index contributed by atoms with van der Waals surface area (Å²) >= 11 is 1.33. The Bertz CT molecular complexity index is 1660. The quantitative estimate of drug-likeness (QED) is 0.335. The maximum Gasteiger partial charge on any atom is 0.236 e. The molecule has 3 aliphatic rings. The van der Waals surface area contributed by atoms with Crippen LogP contribution in [-0.2, 0) is 15.3 Å². The third kappa shape index (κ3) is 6.79. The van der Waals surface area contributed by atoms with Gasteiger partial charge in [-0.3, -0.25) is 24.6 Å². The number of pyridine rings is 1. The molecule has 1 aliphatic carbocycles. The molecule has 0 bridgehead atoms. The van der Waals surface area contributed by atoms with Gasteiger partial charge in [0.25, 0.3) is 0 Å². The van der Waals surface area contributed by atoms with E-state index in [2.05, 4.69) is 56.5 Å². The fourth-order valence-corrected chi connectivity index (χ4v) is 7.52. The average Bonchev–Trinajstić information content (AvgIpc) is 3.38. The van der Waals surface area contributed by atoms with E-state index in [1.807, 2.05) is 18.3 Å². The Hall–Kier alpha value is -3.70. The molecule has 11 heteroatoms. The zero-order valence-electron chi connectivity index (χ0n) is 26.0. The van der Waals surface area contributed by atoms with E-state index in [9.17, 15) is 9.59 Å². The number of H-pyrrole nitrogens is 1. The lowest BCUT2D eigenvalue weighted by Gasteiger charge is -2.36. The second kappa shape index (κ2) is 13.0. The first-order valence-electron chi connectivity index (χ1n) is 16.0. The monoisotopic (exact) mass is 631 g/mol. The van der Waals surface area contributed by atoms with E-state index in [1.54, 1.807) is 16.5 Å². The Kier molecular flexibility index (Phi) is 9.01. The van der Waals surface area contributed by atoms with E-state index < -0.39 is 11.1 Å². The van der Waals surface area contributed by atoms with Crippen molar-refractivity contribution < 1.29 is 14.0 Å². The van der Waals surface area contributed by atoms with E-state index in [-0.39, 0.29) is 31.2 Å². The number of hydrogen-bond donors (Lipinski definition) is 2. The number of nitrogens with one attached hydrogen (secondary N) is 2. The van der Waals surface area contributed by atoms with E-state index in [0.29, 0.717) is 55.4 Å². The number of carbonyl (C=O) groups is 2. The van der Waals surface area contributed by atoms with Gasteiger partial charge in [0.15, 0.2) is 5.67 Å². The molecular weight excluding hydrogens is 589 g/mol. The summed E-state index contributed by atoms with van der Waals surface area (Å²) in [6.45, 7) is 12.9. The molecule has 5 heterocycles. The molecule has 1 atom stereocenters. The molecule has 1 unspecified atom stereocenters. The minimum atomic E-state index is -1.46. The maximum atomic E-state index is 15.4. The van der Waals surface area contributed by atoms with Crippen molar-refractivity contribution in [3.8, 4) is 11.3 Å². The number of rotatable bonds is 11. The van der Waals surface area contributed by atoms with Gasteiger partial charge in [-0.2, -0.15) is 5.10 Å². The molecule has 0 aromatic carbocycles. The van der Waals surface area contributed by atoms with Crippen LogP contribution in [0.15, 0.2) is 42.1 Å². The van der Waals surface area contributed by atoms with Gasteiger partial charge < -0.3 is 10.2 Å². The van der Waals surface area contributed by atoms with E-state index in [4.69, 9.17) is 0 Å². The summed E-state index contributed by atoms with van der Waals surface area (Å²) in [7, 11) is 0. The second-order valence-electron chi connectivity index (χ2n) is 12.9. The highest BCUT2D eigenvalue weighted by molar-refractivity contribution is 7.09. The van der Waals surface area contributed by atoms with Crippen LogP contribution in [0, 0.1) is 5.41 Å². The summed E-state index contributed by atoms with van der Waals surface area (Å²) in [4.78, 5) is 39.4. The number of carbonyl (C=O) groups excluding carboxylic acids is 2. The lowest BCUT2D eigenvalue weighted by Crippen LogP contribution is -2.48. The highest BCUT2D eigenvalue weighted by Crippen LogP contribution is 2.40. The Morgan fingerprint density at radius 3 is 2.71 bits per heavy atom. The molecule has 238 valence electrons. The highest BCUT2D eigenvalue weighted by Gasteiger charge is 2.45. The highest BCUT2D eigenvalue weighted by atomic mass is 32.1. The van der Waals surface area contributed by atoms with Crippen LogP contribution in [0.1, 0.15) is 68.5 Å². The second-order valence-corrected chi connectivity index (χ2v) is 13.8. The maximum absolute atomic E-state index is 15.4. The molecule has 2 N–H and O–H groups in total. The predicted molar refractivity (Wildman–Crippen MR) is 174 cm³/mol. The average molecular weight is 632 g/mol. The Morgan fingerprint density at radius 1 is 1.20 bits per heavy atom. The normalized spacial score (nSPS) is 22.1. The Labute approximate surface area is 267 Å². The number of amides is 2. The van der Waals surface area contributed by atoms with Gasteiger partial charge >= 0.3 is 0 Å². The van der Waals surface area contributed by atoms with E-state index in [1.165, 1.54) is 24.2 Å². The number of aromatic nitrogens is 4. The number of thiazole rings is 1. The molecule has 2 saturated heterocycles. The lowest BCUT2D eigenvalue weighted by molar-refractivity contribution is -0.136. The molecule has 3 fully saturated rings. The SMILES string of the molecule is C=C(/C=c1/c(-c2ccnc(C3CC3)c2)n[nH]c1=C)CNC(=O)C1(CCC)CCN(CC(=O)N2CCC(F)(c3nccs3)CC2)C1. The minimum Gasteiger partial charge on any atom is -0.352 e. The van der Waals surface area contributed by atoms with Gasteiger partial charge in [-0.15, -0.1) is 11.3 Å². The summed E-state index contributed by atoms with van der Waals surface area (Å²) < 4.78 is 15.4. The minimum absolute atomic E-state index is 0.00906. The molecule has 3 aromatic heterocycles. The van der Waals surface area contributed by atoms with Gasteiger partial charge in [-0.1, -0.05) is 26.5 Å². The number of likely N-dealkylation sites (tertiary alicyclic amines) is 2. The van der Waals surface area contributed by atoms with Crippen molar-refractivity contribution in [3.05, 3.63) is 63.3 Å². The van der Waals surface area contributed by atoms with Crippen molar-refractivity contribution in [2.24, 2.45) is 5.41 Å². The predicted octanol–water partition coefficient (Wildman–Crippen LogP) is 3.65. The third-order valence-electron chi connectivity index (χ3n) is 9.48. The van der Waals surface area contributed by atoms with Crippen LogP contribution < -0.4 is 15.9 Å². The number of halogens is 1. The van der Waals surface area contributed by atoms with Crippen LogP contribution in [0.5, 0.6) is 0 Å². The van der Waals surface area contributed by atoms with Crippen LogP contribution in [0.4, 0.5) is 4.39 Å². The molecule has 2 amide bonds. The van der Waals surface area contributed by atoms with Gasteiger partial charge in [0, 0.05) is 79.2 Å². The Balaban J connectivity index is 1.05. The largest absolute Gasteiger partial charge is 0.352 e. The van der Waals surface area contributed by atoms with Crippen LogP contribution in [0.3, 0.4) is 0 Å². The molecule has 0 spiro atoms. The van der Waals surface area contributed by atoms with Crippen molar-refractivity contribution in [1.82, 2.24) is 35.3 Å². The van der Waals surface area contributed by atoms with Gasteiger partial charge in [-0.25, -0.2) is 9.37 Å².